The summed E-state index contributed by atoms with van der Waals surface area (Å²) in [6.07, 6.45) is 0. The highest BCUT2D eigenvalue weighted by atomic mass is 16.5. The van der Waals surface area contributed by atoms with Gasteiger partial charge in [0.05, 0.1) is 6.07 Å². The summed E-state index contributed by atoms with van der Waals surface area (Å²) in [5.41, 5.74) is 3.32. The lowest BCUT2D eigenvalue weighted by atomic mass is 9.77. The maximum absolute atomic E-state index is 9.76. The highest BCUT2D eigenvalue weighted by Gasteiger charge is 2.37. The van der Waals surface area contributed by atoms with E-state index in [1.807, 2.05) is 24.3 Å². The maximum atomic E-state index is 9.76. The summed E-state index contributed by atoms with van der Waals surface area (Å²) in [5.74, 6) is 0.324. The molecular formula is C23H20N2O. The molecule has 1 aliphatic rings. The number of ether oxygens (including phenoxy) is 1. The van der Waals surface area contributed by atoms with Crippen LogP contribution in [0.1, 0.15) is 42.4 Å². The van der Waals surface area contributed by atoms with Crippen molar-refractivity contribution in [3.63, 3.8) is 0 Å². The molecule has 2 atom stereocenters. The van der Waals surface area contributed by atoms with E-state index in [0.29, 0.717) is 11.7 Å². The smallest absolute Gasteiger partial charge is 0.205 e. The molecule has 3 aromatic carbocycles. The van der Waals surface area contributed by atoms with Crippen LogP contribution < -0.4 is 4.74 Å². The lowest BCUT2D eigenvalue weighted by Gasteiger charge is -2.31. The Morgan fingerprint density at radius 2 is 1.73 bits per heavy atom. The molecule has 3 nitrogen and oxygen atoms in total. The van der Waals surface area contributed by atoms with Crippen molar-refractivity contribution in [1.29, 1.82) is 10.7 Å². The zero-order valence-corrected chi connectivity index (χ0v) is 14.9. The number of nitriles is 1. The van der Waals surface area contributed by atoms with Crippen LogP contribution in [0.2, 0.25) is 0 Å². The van der Waals surface area contributed by atoms with Crippen molar-refractivity contribution < 1.29 is 4.74 Å². The Bertz CT molecular complexity index is 1030. The lowest BCUT2D eigenvalue weighted by Crippen LogP contribution is -2.31. The molecule has 0 fully saturated rings. The summed E-state index contributed by atoms with van der Waals surface area (Å²) in [4.78, 5) is 0. The van der Waals surface area contributed by atoms with Gasteiger partial charge < -0.3 is 4.74 Å². The van der Waals surface area contributed by atoms with E-state index in [2.05, 4.69) is 56.3 Å². The van der Waals surface area contributed by atoms with Crippen LogP contribution in [0.15, 0.2) is 60.7 Å². The van der Waals surface area contributed by atoms with Gasteiger partial charge in [-0.1, -0.05) is 68.4 Å². The van der Waals surface area contributed by atoms with Crippen LogP contribution in [0, 0.1) is 22.7 Å². The predicted octanol–water partition coefficient (Wildman–Crippen LogP) is 5.60. The average molecular weight is 340 g/mol. The fraction of sp³-hybridized carbons (Fsp3) is 0.217. The molecule has 3 heteroatoms. The summed E-state index contributed by atoms with van der Waals surface area (Å²) in [6, 6.07) is 22.8. The second-order valence-corrected chi connectivity index (χ2v) is 7.07. The Morgan fingerprint density at radius 1 is 1.00 bits per heavy atom. The van der Waals surface area contributed by atoms with Crippen LogP contribution in [0.5, 0.6) is 5.75 Å². The van der Waals surface area contributed by atoms with Gasteiger partial charge in [-0.3, -0.25) is 5.41 Å². The van der Waals surface area contributed by atoms with Gasteiger partial charge in [0.25, 0.3) is 0 Å². The van der Waals surface area contributed by atoms with E-state index in [-0.39, 0.29) is 11.8 Å². The van der Waals surface area contributed by atoms with Crippen molar-refractivity contribution in [3.05, 3.63) is 77.4 Å². The molecule has 0 spiro atoms. The first kappa shape index (κ1) is 16.4. The number of benzene rings is 3. The molecule has 1 N–H and O–H groups in total. The molecule has 1 aliphatic heterocycles. The minimum Gasteiger partial charge on any atom is -0.442 e. The zero-order chi connectivity index (χ0) is 18.3. The third-order valence-electron chi connectivity index (χ3n) is 5.18. The van der Waals surface area contributed by atoms with E-state index >= 15 is 0 Å². The molecule has 0 bridgehead atoms. The van der Waals surface area contributed by atoms with Gasteiger partial charge in [0.15, 0.2) is 0 Å². The van der Waals surface area contributed by atoms with Gasteiger partial charge in [-0.15, -0.1) is 0 Å². The average Bonchev–Trinajstić information content (AvgIpc) is 2.66. The fourth-order valence-electron chi connectivity index (χ4n) is 3.77. The third-order valence-corrected chi connectivity index (χ3v) is 5.18. The quantitative estimate of drug-likeness (QED) is 0.659. The lowest BCUT2D eigenvalue weighted by molar-refractivity contribution is 0.453. The van der Waals surface area contributed by atoms with Crippen LogP contribution in [0.4, 0.5) is 0 Å². The number of hydrogen-bond acceptors (Lipinski definition) is 3. The van der Waals surface area contributed by atoms with Crippen molar-refractivity contribution in [1.82, 2.24) is 0 Å². The molecule has 2 unspecified atom stereocenters. The van der Waals surface area contributed by atoms with Gasteiger partial charge in [-0.25, -0.2) is 0 Å². The standard InChI is InChI=1S/C23H20N2O/c1-14(2)15-7-9-17(10-8-15)21-19(13-24)23(25)26-20-12-11-16-5-3-4-6-18(16)22(20)21/h3-12,14,19,21,25H,1-2H3. The Hall–Kier alpha value is -3.12. The molecule has 0 radical (unpaired) electrons. The highest BCUT2D eigenvalue weighted by molar-refractivity contribution is 5.94. The molecular weight excluding hydrogens is 320 g/mol. The minimum absolute atomic E-state index is 0.0215. The molecule has 1 heterocycles. The number of nitrogens with zero attached hydrogens (tertiary/aromatic N) is 1. The SMILES string of the molecule is CC(C)c1ccc(C2c3c(ccc4ccccc34)OC(=N)C2C#N)cc1. The van der Waals surface area contributed by atoms with Gasteiger partial charge in [-0.05, 0) is 33.9 Å². The highest BCUT2D eigenvalue weighted by Crippen LogP contribution is 2.45. The predicted molar refractivity (Wildman–Crippen MR) is 104 cm³/mol. The summed E-state index contributed by atoms with van der Waals surface area (Å²) < 4.78 is 5.72. The number of fused-ring (bicyclic) bond motifs is 3. The second-order valence-electron chi connectivity index (χ2n) is 7.07. The Kier molecular flexibility index (Phi) is 3.97. The molecule has 26 heavy (non-hydrogen) atoms. The number of rotatable bonds is 2. The molecule has 0 amide bonds. The van der Waals surface area contributed by atoms with Gasteiger partial charge in [0.2, 0.25) is 5.90 Å². The van der Waals surface area contributed by atoms with E-state index in [1.165, 1.54) is 5.56 Å². The van der Waals surface area contributed by atoms with E-state index in [1.54, 1.807) is 0 Å². The molecule has 4 rings (SSSR count). The third kappa shape index (κ3) is 2.55. The number of hydrogen-bond donors (Lipinski definition) is 1. The summed E-state index contributed by atoms with van der Waals surface area (Å²) >= 11 is 0. The minimum atomic E-state index is -0.627. The van der Waals surface area contributed by atoms with Crippen molar-refractivity contribution in [3.8, 4) is 11.8 Å². The largest absolute Gasteiger partial charge is 0.442 e. The number of nitrogens with one attached hydrogen (secondary N) is 1. The monoisotopic (exact) mass is 340 g/mol. The fourth-order valence-corrected chi connectivity index (χ4v) is 3.77. The second kappa shape index (κ2) is 6.31. The molecule has 0 saturated carbocycles. The topological polar surface area (TPSA) is 56.9 Å². The van der Waals surface area contributed by atoms with Gasteiger partial charge in [0.1, 0.15) is 11.7 Å². The van der Waals surface area contributed by atoms with Gasteiger partial charge >= 0.3 is 0 Å². The summed E-state index contributed by atoms with van der Waals surface area (Å²) in [7, 11) is 0. The Labute approximate surface area is 153 Å². The van der Waals surface area contributed by atoms with Crippen molar-refractivity contribution in [2.75, 3.05) is 0 Å². The summed E-state index contributed by atoms with van der Waals surface area (Å²) in [5, 5.41) is 20.2. The van der Waals surface area contributed by atoms with Crippen LogP contribution in [0.25, 0.3) is 10.8 Å². The molecule has 0 aliphatic carbocycles. The van der Waals surface area contributed by atoms with E-state index in [4.69, 9.17) is 10.1 Å². The van der Waals surface area contributed by atoms with E-state index < -0.39 is 5.92 Å². The van der Waals surface area contributed by atoms with Crippen LogP contribution >= 0.6 is 0 Å². The first-order valence-electron chi connectivity index (χ1n) is 8.87. The van der Waals surface area contributed by atoms with Crippen molar-refractivity contribution >= 4 is 16.7 Å². The Morgan fingerprint density at radius 3 is 2.42 bits per heavy atom. The zero-order valence-electron chi connectivity index (χ0n) is 14.9. The molecule has 0 aromatic heterocycles. The van der Waals surface area contributed by atoms with Gasteiger partial charge in [-0.2, -0.15) is 5.26 Å². The first-order chi connectivity index (χ1) is 12.6. The van der Waals surface area contributed by atoms with E-state index in [9.17, 15) is 5.26 Å². The Balaban J connectivity index is 1.96. The summed E-state index contributed by atoms with van der Waals surface area (Å²) in [6.45, 7) is 4.33. The van der Waals surface area contributed by atoms with E-state index in [0.717, 1.165) is 21.9 Å². The van der Waals surface area contributed by atoms with Gasteiger partial charge in [0, 0.05) is 11.5 Å². The normalized spacial score (nSPS) is 19.1. The van der Waals surface area contributed by atoms with Crippen molar-refractivity contribution in [2.45, 2.75) is 25.7 Å². The molecule has 3 aromatic rings. The van der Waals surface area contributed by atoms with Crippen LogP contribution in [-0.2, 0) is 0 Å². The maximum Gasteiger partial charge on any atom is 0.205 e. The van der Waals surface area contributed by atoms with Crippen molar-refractivity contribution in [2.24, 2.45) is 5.92 Å². The molecule has 128 valence electrons. The van der Waals surface area contributed by atoms with Crippen LogP contribution in [0.3, 0.4) is 0 Å². The van der Waals surface area contributed by atoms with Crippen LogP contribution in [-0.4, -0.2) is 5.90 Å². The first-order valence-corrected chi connectivity index (χ1v) is 8.87. The molecule has 0 saturated heterocycles.